The van der Waals surface area contributed by atoms with Gasteiger partial charge in [0.25, 0.3) is 0 Å². The van der Waals surface area contributed by atoms with Crippen LogP contribution in [0.1, 0.15) is 42.1 Å². The molecule has 2 heteroatoms. The van der Waals surface area contributed by atoms with Crippen molar-refractivity contribution in [2.24, 2.45) is 0 Å². The van der Waals surface area contributed by atoms with E-state index in [1.807, 2.05) is 18.2 Å². The molecule has 1 saturated heterocycles. The number of nitrogens with zero attached hydrogens (tertiary/aromatic N) is 1. The van der Waals surface area contributed by atoms with Crippen molar-refractivity contribution in [3.63, 3.8) is 0 Å². The van der Waals surface area contributed by atoms with Gasteiger partial charge in [-0.05, 0) is 44.0 Å². The molecule has 0 radical (unpaired) electrons. The first-order valence-electron chi connectivity index (χ1n) is 6.64. The van der Waals surface area contributed by atoms with Crippen LogP contribution in [0.5, 0.6) is 0 Å². The Hall–Kier alpha value is -1.15. The van der Waals surface area contributed by atoms with Crippen molar-refractivity contribution in [3.8, 4) is 0 Å². The van der Waals surface area contributed by atoms with Crippen molar-refractivity contribution < 1.29 is 4.79 Å². The summed E-state index contributed by atoms with van der Waals surface area (Å²) in [4.78, 5) is 14.4. The van der Waals surface area contributed by atoms with Gasteiger partial charge in [0.1, 0.15) is 0 Å². The second-order valence-corrected chi connectivity index (χ2v) is 4.78. The first-order valence-corrected chi connectivity index (χ1v) is 6.64. The van der Waals surface area contributed by atoms with E-state index in [4.69, 9.17) is 0 Å². The highest BCUT2D eigenvalue weighted by Gasteiger charge is 2.13. The molecule has 0 atom stereocenters. The van der Waals surface area contributed by atoms with Gasteiger partial charge < -0.3 is 4.90 Å². The predicted molar refractivity (Wildman–Crippen MR) is 70.4 cm³/mol. The minimum absolute atomic E-state index is 0.284. The average Bonchev–Trinajstić information content (AvgIpc) is 2.89. The topological polar surface area (TPSA) is 20.3 Å². The monoisotopic (exact) mass is 231 g/mol. The second kappa shape index (κ2) is 5.97. The van der Waals surface area contributed by atoms with Crippen molar-refractivity contribution in [2.75, 3.05) is 19.6 Å². The summed E-state index contributed by atoms with van der Waals surface area (Å²) < 4.78 is 0. The van der Waals surface area contributed by atoms with E-state index in [2.05, 4.69) is 17.9 Å². The molecule has 1 fully saturated rings. The van der Waals surface area contributed by atoms with Gasteiger partial charge in [0.05, 0.1) is 0 Å². The first kappa shape index (κ1) is 12.3. The standard InChI is InChI=1S/C15H21NO/c1-2-13-6-5-7-14(12-13)15(17)8-11-16-9-3-4-10-16/h5-7,12H,2-4,8-11H2,1H3. The molecule has 1 aromatic carbocycles. The number of Topliss-reactive ketones (excluding diaryl/α,β-unsaturated/α-hetero) is 1. The van der Waals surface area contributed by atoms with Gasteiger partial charge in [-0.3, -0.25) is 4.79 Å². The Morgan fingerprint density at radius 2 is 2.06 bits per heavy atom. The number of ketones is 1. The van der Waals surface area contributed by atoms with Crippen LogP contribution in [0.3, 0.4) is 0 Å². The molecule has 0 bridgehead atoms. The summed E-state index contributed by atoms with van der Waals surface area (Å²) in [5.74, 6) is 0.284. The highest BCUT2D eigenvalue weighted by atomic mass is 16.1. The van der Waals surface area contributed by atoms with Crippen LogP contribution < -0.4 is 0 Å². The molecule has 17 heavy (non-hydrogen) atoms. The molecule has 0 spiro atoms. The van der Waals surface area contributed by atoms with Gasteiger partial charge in [0, 0.05) is 18.5 Å². The van der Waals surface area contributed by atoms with Crippen LogP contribution >= 0.6 is 0 Å². The van der Waals surface area contributed by atoms with Crippen molar-refractivity contribution in [2.45, 2.75) is 32.6 Å². The number of hydrogen-bond acceptors (Lipinski definition) is 2. The van der Waals surface area contributed by atoms with E-state index in [0.29, 0.717) is 6.42 Å². The number of benzene rings is 1. The van der Waals surface area contributed by atoms with Gasteiger partial charge in [0.2, 0.25) is 0 Å². The summed E-state index contributed by atoms with van der Waals surface area (Å²) in [5.41, 5.74) is 2.13. The van der Waals surface area contributed by atoms with Crippen LogP contribution in [0.25, 0.3) is 0 Å². The number of rotatable bonds is 5. The Morgan fingerprint density at radius 3 is 2.76 bits per heavy atom. The number of aryl methyl sites for hydroxylation is 1. The normalized spacial score (nSPS) is 16.3. The maximum atomic E-state index is 12.0. The zero-order valence-corrected chi connectivity index (χ0v) is 10.6. The first-order chi connectivity index (χ1) is 8.29. The minimum atomic E-state index is 0.284. The quantitative estimate of drug-likeness (QED) is 0.726. The predicted octanol–water partition coefficient (Wildman–Crippen LogP) is 2.92. The summed E-state index contributed by atoms with van der Waals surface area (Å²) in [5, 5.41) is 0. The molecule has 0 aromatic heterocycles. The molecule has 0 unspecified atom stereocenters. The van der Waals surface area contributed by atoms with E-state index in [9.17, 15) is 4.79 Å². The molecule has 0 saturated carbocycles. The largest absolute Gasteiger partial charge is 0.303 e. The van der Waals surface area contributed by atoms with Gasteiger partial charge in [-0.25, -0.2) is 0 Å². The van der Waals surface area contributed by atoms with Gasteiger partial charge in [0.15, 0.2) is 5.78 Å². The van der Waals surface area contributed by atoms with E-state index in [0.717, 1.165) is 18.5 Å². The molecule has 0 N–H and O–H groups in total. The van der Waals surface area contributed by atoms with Crippen LogP contribution in [0, 0.1) is 0 Å². The van der Waals surface area contributed by atoms with Crippen molar-refractivity contribution in [1.82, 2.24) is 4.90 Å². The fourth-order valence-corrected chi connectivity index (χ4v) is 2.37. The Morgan fingerprint density at radius 1 is 1.29 bits per heavy atom. The SMILES string of the molecule is CCc1cccc(C(=O)CCN2CCCC2)c1. The lowest BCUT2D eigenvalue weighted by atomic mass is 10.0. The highest BCUT2D eigenvalue weighted by Crippen LogP contribution is 2.11. The molecule has 2 rings (SSSR count). The Labute approximate surface area is 104 Å². The zero-order chi connectivity index (χ0) is 12.1. The van der Waals surface area contributed by atoms with Crippen LogP contribution in [-0.2, 0) is 6.42 Å². The van der Waals surface area contributed by atoms with Crippen LogP contribution in [-0.4, -0.2) is 30.3 Å². The summed E-state index contributed by atoms with van der Waals surface area (Å²) in [6.07, 6.45) is 4.24. The van der Waals surface area contributed by atoms with Crippen LogP contribution in [0.2, 0.25) is 0 Å². The molecule has 0 aliphatic carbocycles. The van der Waals surface area contributed by atoms with E-state index in [-0.39, 0.29) is 5.78 Å². The third kappa shape index (κ3) is 3.40. The van der Waals surface area contributed by atoms with Crippen molar-refractivity contribution >= 4 is 5.78 Å². The Kier molecular flexibility index (Phi) is 4.32. The lowest BCUT2D eigenvalue weighted by Gasteiger charge is -2.13. The van der Waals surface area contributed by atoms with E-state index >= 15 is 0 Å². The second-order valence-electron chi connectivity index (χ2n) is 4.78. The number of carbonyl (C=O) groups is 1. The van der Waals surface area contributed by atoms with Crippen LogP contribution in [0.15, 0.2) is 24.3 Å². The molecule has 92 valence electrons. The summed E-state index contributed by atoms with van der Waals surface area (Å²) in [7, 11) is 0. The molecule has 1 aromatic rings. The van der Waals surface area contributed by atoms with Gasteiger partial charge in [-0.1, -0.05) is 25.1 Å². The molecular weight excluding hydrogens is 210 g/mol. The number of hydrogen-bond donors (Lipinski definition) is 0. The van der Waals surface area contributed by atoms with Crippen LogP contribution in [0.4, 0.5) is 0 Å². The van der Waals surface area contributed by atoms with Crippen molar-refractivity contribution in [1.29, 1.82) is 0 Å². The minimum Gasteiger partial charge on any atom is -0.303 e. The van der Waals surface area contributed by atoms with E-state index in [1.54, 1.807) is 0 Å². The fourth-order valence-electron chi connectivity index (χ4n) is 2.37. The van der Waals surface area contributed by atoms with E-state index in [1.165, 1.54) is 31.5 Å². The number of carbonyl (C=O) groups excluding carboxylic acids is 1. The molecule has 2 nitrogen and oxygen atoms in total. The van der Waals surface area contributed by atoms with E-state index < -0.39 is 0 Å². The average molecular weight is 231 g/mol. The fraction of sp³-hybridized carbons (Fsp3) is 0.533. The lowest BCUT2D eigenvalue weighted by Crippen LogP contribution is -2.22. The van der Waals surface area contributed by atoms with Gasteiger partial charge in [-0.15, -0.1) is 0 Å². The summed E-state index contributed by atoms with van der Waals surface area (Å²) in [6, 6.07) is 8.04. The van der Waals surface area contributed by atoms with Crippen molar-refractivity contribution in [3.05, 3.63) is 35.4 Å². The van der Waals surface area contributed by atoms with Gasteiger partial charge >= 0.3 is 0 Å². The maximum Gasteiger partial charge on any atom is 0.164 e. The third-order valence-electron chi connectivity index (χ3n) is 3.51. The summed E-state index contributed by atoms with van der Waals surface area (Å²) >= 11 is 0. The lowest BCUT2D eigenvalue weighted by molar-refractivity contribution is 0.0969. The van der Waals surface area contributed by atoms with Gasteiger partial charge in [-0.2, -0.15) is 0 Å². The third-order valence-corrected chi connectivity index (χ3v) is 3.51. The maximum absolute atomic E-state index is 12.0. The molecule has 1 aliphatic rings. The highest BCUT2D eigenvalue weighted by molar-refractivity contribution is 5.96. The molecule has 1 aliphatic heterocycles. The smallest absolute Gasteiger partial charge is 0.164 e. The Balaban J connectivity index is 1.89. The summed E-state index contributed by atoms with van der Waals surface area (Å²) in [6.45, 7) is 5.38. The zero-order valence-electron chi connectivity index (χ0n) is 10.6. The Bertz CT molecular complexity index is 380. The molecular formula is C15H21NO. The molecule has 0 amide bonds. The number of likely N-dealkylation sites (tertiary alicyclic amines) is 1. The molecule has 1 heterocycles.